The number of hydrogen-bond acceptors (Lipinski definition) is 5. The van der Waals surface area contributed by atoms with Crippen LogP contribution in [-0.2, 0) is 4.74 Å². The summed E-state index contributed by atoms with van der Waals surface area (Å²) in [5.41, 5.74) is 0.981. The molecule has 0 atom stereocenters. The van der Waals surface area contributed by atoms with Crippen molar-refractivity contribution < 1.29 is 19.1 Å². The van der Waals surface area contributed by atoms with Crippen molar-refractivity contribution in [3.05, 3.63) is 54.2 Å². The third kappa shape index (κ3) is 4.49. The second-order valence-electron chi connectivity index (χ2n) is 7.22. The van der Waals surface area contributed by atoms with Crippen LogP contribution in [0.3, 0.4) is 0 Å². The van der Waals surface area contributed by atoms with E-state index in [0.717, 1.165) is 5.39 Å². The molecule has 0 fully saturated rings. The highest BCUT2D eigenvalue weighted by Gasteiger charge is 2.20. The number of ether oxygens (including phenoxy) is 2. The Balaban J connectivity index is 1.80. The minimum absolute atomic E-state index is 0.259. The van der Waals surface area contributed by atoms with Gasteiger partial charge in [-0.15, -0.1) is 0 Å². The van der Waals surface area contributed by atoms with Crippen molar-refractivity contribution in [2.24, 2.45) is 0 Å². The molecule has 3 rings (SSSR count). The zero-order valence-electron chi connectivity index (χ0n) is 16.4. The van der Waals surface area contributed by atoms with Crippen LogP contribution < -0.4 is 10.1 Å². The molecule has 1 amide bonds. The van der Waals surface area contributed by atoms with E-state index in [1.165, 1.54) is 4.68 Å². The summed E-state index contributed by atoms with van der Waals surface area (Å²) in [5, 5.41) is 7.70. The summed E-state index contributed by atoms with van der Waals surface area (Å²) in [6.45, 7) is 7.84. The van der Waals surface area contributed by atoms with Gasteiger partial charge in [0.05, 0.1) is 18.3 Å². The summed E-state index contributed by atoms with van der Waals surface area (Å²) in [6.07, 6.45) is 1.01. The first-order chi connectivity index (χ1) is 13.3. The zero-order valence-corrected chi connectivity index (χ0v) is 16.4. The minimum Gasteiger partial charge on any atom is -0.494 e. The molecule has 28 heavy (non-hydrogen) atoms. The molecule has 1 heterocycles. The first-order valence-corrected chi connectivity index (χ1v) is 9.02. The smallest absolute Gasteiger partial charge is 0.435 e. The second-order valence-corrected chi connectivity index (χ2v) is 7.22. The van der Waals surface area contributed by atoms with Crippen molar-refractivity contribution in [2.75, 3.05) is 11.9 Å². The van der Waals surface area contributed by atoms with Gasteiger partial charge in [0.1, 0.15) is 11.4 Å². The Kier molecular flexibility index (Phi) is 5.35. The lowest BCUT2D eigenvalue weighted by Crippen LogP contribution is -2.27. The molecule has 1 aromatic heterocycles. The minimum atomic E-state index is -0.630. The quantitative estimate of drug-likeness (QED) is 0.721. The lowest BCUT2D eigenvalue weighted by Gasteiger charge is -2.19. The number of benzene rings is 2. The molecule has 0 radical (unpaired) electrons. The van der Waals surface area contributed by atoms with Crippen molar-refractivity contribution in [3.8, 4) is 5.75 Å². The Morgan fingerprint density at radius 3 is 2.46 bits per heavy atom. The van der Waals surface area contributed by atoms with Crippen molar-refractivity contribution in [3.63, 3.8) is 0 Å². The summed E-state index contributed by atoms with van der Waals surface area (Å²) in [7, 11) is 0. The van der Waals surface area contributed by atoms with Crippen molar-refractivity contribution in [2.45, 2.75) is 33.3 Å². The van der Waals surface area contributed by atoms with Crippen LogP contribution in [0, 0.1) is 0 Å². The molecule has 7 nitrogen and oxygen atoms in total. The standard InChI is InChI=1S/C21H23N3O4/c1-5-27-17-10-7-14(8-11-17)19(25)23-16-9-6-15-13-22-24(18(15)12-16)20(26)28-21(2,3)4/h6-13H,5H2,1-4H3,(H,23,25). The highest BCUT2D eigenvalue weighted by Crippen LogP contribution is 2.21. The molecule has 0 aliphatic rings. The first kappa shape index (κ1) is 19.4. The summed E-state index contributed by atoms with van der Waals surface area (Å²) in [6, 6.07) is 12.1. The third-order valence-corrected chi connectivity index (χ3v) is 3.82. The summed E-state index contributed by atoms with van der Waals surface area (Å²) >= 11 is 0. The van der Waals surface area contributed by atoms with E-state index in [0.29, 0.717) is 29.1 Å². The molecule has 0 bridgehead atoms. The van der Waals surface area contributed by atoms with E-state index in [1.807, 2.05) is 6.92 Å². The fourth-order valence-electron chi connectivity index (χ4n) is 2.62. The van der Waals surface area contributed by atoms with Gasteiger partial charge >= 0.3 is 6.09 Å². The highest BCUT2D eigenvalue weighted by molar-refractivity contribution is 6.05. The van der Waals surface area contributed by atoms with Crippen molar-refractivity contribution in [1.29, 1.82) is 0 Å². The van der Waals surface area contributed by atoms with Gasteiger partial charge in [0.2, 0.25) is 0 Å². The fourth-order valence-corrected chi connectivity index (χ4v) is 2.62. The normalized spacial score (nSPS) is 11.3. The maximum absolute atomic E-state index is 12.5. The molecule has 0 aliphatic heterocycles. The van der Waals surface area contributed by atoms with Crippen molar-refractivity contribution in [1.82, 2.24) is 9.78 Å². The van der Waals surface area contributed by atoms with Crippen LogP contribution in [0.25, 0.3) is 10.9 Å². The molecular weight excluding hydrogens is 358 g/mol. The number of carbonyl (C=O) groups excluding carboxylic acids is 2. The van der Waals surface area contributed by atoms with Gasteiger partial charge in [0, 0.05) is 16.6 Å². The highest BCUT2D eigenvalue weighted by atomic mass is 16.6. The summed E-state index contributed by atoms with van der Waals surface area (Å²) in [5.74, 6) is 0.451. The van der Waals surface area contributed by atoms with Crippen LogP contribution in [-0.4, -0.2) is 34.0 Å². The molecule has 2 aromatic carbocycles. The maximum atomic E-state index is 12.5. The number of hydrogen-bond donors (Lipinski definition) is 1. The number of carbonyl (C=O) groups is 2. The monoisotopic (exact) mass is 381 g/mol. The number of fused-ring (bicyclic) bond motifs is 1. The molecule has 0 unspecified atom stereocenters. The number of nitrogens with zero attached hydrogens (tertiary/aromatic N) is 2. The summed E-state index contributed by atoms with van der Waals surface area (Å²) < 4.78 is 11.9. The number of aromatic nitrogens is 2. The molecule has 7 heteroatoms. The largest absolute Gasteiger partial charge is 0.494 e. The van der Waals surface area contributed by atoms with E-state index in [4.69, 9.17) is 9.47 Å². The summed E-state index contributed by atoms with van der Waals surface area (Å²) in [4.78, 5) is 24.9. The number of amides is 1. The zero-order chi connectivity index (χ0) is 20.3. The van der Waals surface area contributed by atoms with Gasteiger partial charge in [-0.2, -0.15) is 9.78 Å². The van der Waals surface area contributed by atoms with E-state index in [1.54, 1.807) is 69.4 Å². The van der Waals surface area contributed by atoms with E-state index in [-0.39, 0.29) is 5.91 Å². The Labute approximate surface area is 163 Å². The Morgan fingerprint density at radius 2 is 1.82 bits per heavy atom. The average molecular weight is 381 g/mol. The third-order valence-electron chi connectivity index (χ3n) is 3.82. The lowest BCUT2D eigenvalue weighted by atomic mass is 10.2. The average Bonchev–Trinajstić information content (AvgIpc) is 3.04. The van der Waals surface area contributed by atoms with Gasteiger partial charge in [-0.1, -0.05) is 0 Å². The van der Waals surface area contributed by atoms with Crippen LogP contribution in [0.4, 0.5) is 10.5 Å². The fraction of sp³-hybridized carbons (Fsp3) is 0.286. The van der Waals surface area contributed by atoms with Crippen LogP contribution in [0.5, 0.6) is 5.75 Å². The van der Waals surface area contributed by atoms with Crippen LogP contribution >= 0.6 is 0 Å². The Morgan fingerprint density at radius 1 is 1.11 bits per heavy atom. The Hall–Kier alpha value is -3.35. The SMILES string of the molecule is CCOc1ccc(C(=O)Nc2ccc3cnn(C(=O)OC(C)(C)C)c3c2)cc1. The van der Waals surface area contributed by atoms with E-state index >= 15 is 0 Å². The topological polar surface area (TPSA) is 82.5 Å². The van der Waals surface area contributed by atoms with Gasteiger partial charge in [0.25, 0.3) is 5.91 Å². The molecule has 146 valence electrons. The molecule has 3 aromatic rings. The lowest BCUT2D eigenvalue weighted by molar-refractivity contribution is 0.0522. The number of rotatable bonds is 4. The molecule has 0 spiro atoms. The van der Waals surface area contributed by atoms with Gasteiger partial charge < -0.3 is 14.8 Å². The molecule has 0 saturated carbocycles. The number of anilines is 1. The maximum Gasteiger partial charge on any atom is 0.435 e. The molecule has 0 saturated heterocycles. The molecule has 0 aliphatic carbocycles. The predicted octanol–water partition coefficient (Wildman–Crippen LogP) is 4.47. The first-order valence-electron chi connectivity index (χ1n) is 9.02. The van der Waals surface area contributed by atoms with Crippen molar-refractivity contribution >= 4 is 28.6 Å². The van der Waals surface area contributed by atoms with Gasteiger partial charge in [0.15, 0.2) is 0 Å². The van der Waals surface area contributed by atoms with Gasteiger partial charge in [-0.3, -0.25) is 4.79 Å². The molecule has 1 N–H and O–H groups in total. The van der Waals surface area contributed by atoms with Gasteiger partial charge in [-0.05, 0) is 70.2 Å². The predicted molar refractivity (Wildman–Crippen MR) is 107 cm³/mol. The molecular formula is C21H23N3O4. The van der Waals surface area contributed by atoms with E-state index < -0.39 is 11.7 Å². The van der Waals surface area contributed by atoms with Crippen LogP contribution in [0.1, 0.15) is 38.1 Å². The van der Waals surface area contributed by atoms with Gasteiger partial charge in [-0.25, -0.2) is 4.79 Å². The van der Waals surface area contributed by atoms with Crippen LogP contribution in [0.15, 0.2) is 48.7 Å². The van der Waals surface area contributed by atoms with E-state index in [9.17, 15) is 9.59 Å². The number of nitrogens with one attached hydrogen (secondary N) is 1. The van der Waals surface area contributed by atoms with E-state index in [2.05, 4.69) is 10.4 Å². The second kappa shape index (κ2) is 7.72. The Bertz CT molecular complexity index is 1000. The van der Waals surface area contributed by atoms with Crippen LogP contribution in [0.2, 0.25) is 0 Å².